The second kappa shape index (κ2) is 12.4. The predicted octanol–water partition coefficient (Wildman–Crippen LogP) is 4.94. The second-order valence-electron chi connectivity index (χ2n) is 9.32. The third kappa shape index (κ3) is 6.32. The first-order chi connectivity index (χ1) is 18.4. The third-order valence-corrected chi connectivity index (χ3v) is 7.26. The van der Waals surface area contributed by atoms with Crippen LogP contribution in [0, 0.1) is 13.8 Å². The number of thioether (sulfide) groups is 1. The van der Waals surface area contributed by atoms with Crippen molar-refractivity contribution in [1.82, 2.24) is 24.9 Å². The van der Waals surface area contributed by atoms with Gasteiger partial charge in [-0.2, -0.15) is 0 Å². The lowest BCUT2D eigenvalue weighted by Crippen LogP contribution is -2.33. The number of carbonyl (C=O) groups excluding carboxylic acids is 1. The predicted molar refractivity (Wildman–Crippen MR) is 150 cm³/mol. The first kappa shape index (κ1) is 27.6. The van der Waals surface area contributed by atoms with Crippen LogP contribution in [0.4, 0.5) is 15.9 Å². The van der Waals surface area contributed by atoms with Gasteiger partial charge in [0.15, 0.2) is 23.8 Å². The van der Waals surface area contributed by atoms with E-state index in [9.17, 15) is 9.18 Å². The van der Waals surface area contributed by atoms with Crippen molar-refractivity contribution in [3.63, 3.8) is 0 Å². The number of carbonyl (C=O) groups is 1. The van der Waals surface area contributed by atoms with Crippen LogP contribution in [-0.2, 0) is 11.3 Å². The molecule has 0 aromatic carbocycles. The molecule has 1 atom stereocenters. The molecule has 0 spiro atoms. The van der Waals surface area contributed by atoms with Crippen molar-refractivity contribution in [2.24, 2.45) is 4.99 Å². The van der Waals surface area contributed by atoms with E-state index in [1.807, 2.05) is 26.0 Å². The Labute approximate surface area is 226 Å². The first-order valence-corrected chi connectivity index (χ1v) is 13.7. The Balaban J connectivity index is 1.70. The van der Waals surface area contributed by atoms with Crippen LogP contribution in [0.1, 0.15) is 55.3 Å². The Morgan fingerprint density at radius 3 is 2.66 bits per heavy atom. The standard InChI is InChI=1S/C27H33FN8OS/c1-6-38-22-10-7-19(13-30-22)12-29-21(14-37)34-24-18(4)33-26(35-27(24)36(5)16(2)11-28)23-17(3)31-15-32-25(23)20-8-9-20/h7,10,13-16,20H,6,8-9,11-12H2,1-5H3,(H,29,34). The summed E-state index contributed by atoms with van der Waals surface area (Å²) in [6.07, 6.45) is 6.14. The summed E-state index contributed by atoms with van der Waals surface area (Å²) in [5.41, 5.74) is 4.53. The molecule has 1 saturated carbocycles. The zero-order valence-electron chi connectivity index (χ0n) is 22.4. The van der Waals surface area contributed by atoms with Gasteiger partial charge in [0.05, 0.1) is 40.3 Å². The number of hydrogen-bond donors (Lipinski definition) is 1. The number of aromatic nitrogens is 5. The quantitative estimate of drug-likeness (QED) is 0.158. The molecule has 0 saturated heterocycles. The fourth-order valence-electron chi connectivity index (χ4n) is 3.97. The van der Waals surface area contributed by atoms with Gasteiger partial charge in [-0.3, -0.25) is 9.79 Å². The lowest BCUT2D eigenvalue weighted by Gasteiger charge is -2.27. The smallest absolute Gasteiger partial charge is 0.185 e. The molecule has 1 N–H and O–H groups in total. The number of anilines is 2. The van der Waals surface area contributed by atoms with Crippen LogP contribution in [0.5, 0.6) is 0 Å². The average molecular weight is 537 g/mol. The van der Waals surface area contributed by atoms with Gasteiger partial charge < -0.3 is 10.2 Å². The Bertz CT molecular complexity index is 1310. The molecule has 1 fully saturated rings. The molecule has 9 nitrogen and oxygen atoms in total. The number of nitrogens with zero attached hydrogens (tertiary/aromatic N) is 7. The maximum absolute atomic E-state index is 13.7. The number of nitrogens with one attached hydrogen (secondary N) is 1. The van der Waals surface area contributed by atoms with Gasteiger partial charge in [0.2, 0.25) is 0 Å². The van der Waals surface area contributed by atoms with Crippen molar-refractivity contribution in [3.8, 4) is 11.4 Å². The number of aliphatic imine (C=N–C) groups is 1. The summed E-state index contributed by atoms with van der Waals surface area (Å²) in [5, 5.41) is 4.05. The first-order valence-electron chi connectivity index (χ1n) is 12.7. The molecule has 1 aliphatic carbocycles. The summed E-state index contributed by atoms with van der Waals surface area (Å²) in [7, 11) is 1.77. The van der Waals surface area contributed by atoms with Gasteiger partial charge in [-0.25, -0.2) is 29.3 Å². The van der Waals surface area contributed by atoms with Crippen LogP contribution >= 0.6 is 11.8 Å². The molecular formula is C27H33FN8OS. The van der Waals surface area contributed by atoms with Gasteiger partial charge in [-0.05, 0) is 51.0 Å². The molecule has 1 aliphatic rings. The number of rotatable bonds is 11. The second-order valence-corrected chi connectivity index (χ2v) is 10.6. The van der Waals surface area contributed by atoms with E-state index in [0.29, 0.717) is 35.2 Å². The van der Waals surface area contributed by atoms with Crippen molar-refractivity contribution in [2.45, 2.75) is 64.1 Å². The normalized spacial score (nSPS) is 14.3. The van der Waals surface area contributed by atoms with E-state index in [1.165, 1.54) is 0 Å². The molecule has 0 aliphatic heterocycles. The average Bonchev–Trinajstić information content (AvgIpc) is 3.77. The maximum atomic E-state index is 13.7. The number of amidine groups is 1. The highest BCUT2D eigenvalue weighted by Crippen LogP contribution is 2.44. The molecule has 200 valence electrons. The van der Waals surface area contributed by atoms with Gasteiger partial charge in [0.1, 0.15) is 18.7 Å². The van der Waals surface area contributed by atoms with Crippen molar-refractivity contribution in [2.75, 3.05) is 29.7 Å². The minimum absolute atomic E-state index is 0.122. The lowest BCUT2D eigenvalue weighted by molar-refractivity contribution is -0.102. The van der Waals surface area contributed by atoms with Crippen LogP contribution < -0.4 is 10.2 Å². The van der Waals surface area contributed by atoms with E-state index in [0.717, 1.165) is 46.1 Å². The van der Waals surface area contributed by atoms with E-state index in [2.05, 4.69) is 32.2 Å². The van der Waals surface area contributed by atoms with Crippen LogP contribution in [0.25, 0.3) is 11.4 Å². The molecule has 38 heavy (non-hydrogen) atoms. The number of pyridine rings is 1. The molecule has 4 rings (SSSR count). The topological polar surface area (TPSA) is 109 Å². The van der Waals surface area contributed by atoms with Gasteiger partial charge in [-0.1, -0.05) is 13.0 Å². The van der Waals surface area contributed by atoms with Crippen molar-refractivity contribution >= 4 is 35.4 Å². The maximum Gasteiger partial charge on any atom is 0.185 e. The summed E-state index contributed by atoms with van der Waals surface area (Å²) >= 11 is 1.66. The van der Waals surface area contributed by atoms with Crippen LogP contribution in [0.15, 0.2) is 34.7 Å². The number of halogens is 1. The highest BCUT2D eigenvalue weighted by molar-refractivity contribution is 7.99. The van der Waals surface area contributed by atoms with Gasteiger partial charge in [0.25, 0.3) is 0 Å². The van der Waals surface area contributed by atoms with Crippen LogP contribution in [0.3, 0.4) is 0 Å². The molecule has 3 aromatic heterocycles. The molecule has 3 aromatic rings. The third-order valence-electron chi connectivity index (χ3n) is 6.43. The highest BCUT2D eigenvalue weighted by atomic mass is 32.2. The molecule has 1 unspecified atom stereocenters. The largest absolute Gasteiger partial charge is 0.352 e. The summed E-state index contributed by atoms with van der Waals surface area (Å²) < 4.78 is 13.7. The SMILES string of the molecule is CCSc1ccc(CN=C(C=O)Nc2c(C)nc(-c3c(C)ncnc3C3CC3)nc2N(C)C(C)CF)cn1. The molecule has 3 heterocycles. The Kier molecular flexibility index (Phi) is 8.98. The fraction of sp³-hybridized carbons (Fsp3) is 0.444. The number of hydrogen-bond acceptors (Lipinski definition) is 9. The van der Waals surface area contributed by atoms with E-state index in [-0.39, 0.29) is 12.4 Å². The number of aryl methyl sites for hydroxylation is 2. The Morgan fingerprint density at radius 1 is 1.24 bits per heavy atom. The fourth-order valence-corrected chi connectivity index (χ4v) is 4.55. The monoisotopic (exact) mass is 536 g/mol. The van der Waals surface area contributed by atoms with E-state index in [1.54, 1.807) is 43.2 Å². The van der Waals surface area contributed by atoms with Gasteiger partial charge in [-0.15, -0.1) is 11.8 Å². The lowest BCUT2D eigenvalue weighted by atomic mass is 10.1. The summed E-state index contributed by atoms with van der Waals surface area (Å²) in [6.45, 7) is 7.31. The van der Waals surface area contributed by atoms with Crippen molar-refractivity contribution in [1.29, 1.82) is 0 Å². The number of alkyl halides is 1. The highest BCUT2D eigenvalue weighted by Gasteiger charge is 2.31. The van der Waals surface area contributed by atoms with Crippen LogP contribution in [-0.4, -0.2) is 62.6 Å². The minimum Gasteiger partial charge on any atom is -0.352 e. The molecule has 0 radical (unpaired) electrons. The Hall–Kier alpha value is -3.47. The van der Waals surface area contributed by atoms with E-state index in [4.69, 9.17) is 9.97 Å². The molecule has 0 bridgehead atoms. The zero-order chi connectivity index (χ0) is 27.2. The minimum atomic E-state index is -0.566. The van der Waals surface area contributed by atoms with Gasteiger partial charge >= 0.3 is 0 Å². The van der Waals surface area contributed by atoms with Crippen molar-refractivity contribution in [3.05, 3.63) is 47.3 Å². The summed E-state index contributed by atoms with van der Waals surface area (Å²) in [4.78, 5) is 41.1. The molecule has 11 heteroatoms. The van der Waals surface area contributed by atoms with Gasteiger partial charge in [0, 0.05) is 19.2 Å². The summed E-state index contributed by atoms with van der Waals surface area (Å²) in [6, 6.07) is 3.44. The molecular weight excluding hydrogens is 503 g/mol. The Morgan fingerprint density at radius 2 is 2.03 bits per heavy atom. The zero-order valence-corrected chi connectivity index (χ0v) is 23.2. The van der Waals surface area contributed by atoms with E-state index < -0.39 is 12.7 Å². The number of aldehydes is 1. The summed E-state index contributed by atoms with van der Waals surface area (Å²) in [5.74, 6) is 2.40. The van der Waals surface area contributed by atoms with Crippen molar-refractivity contribution < 1.29 is 9.18 Å². The molecule has 0 amide bonds. The van der Waals surface area contributed by atoms with E-state index >= 15 is 0 Å². The van der Waals surface area contributed by atoms with Crippen LogP contribution in [0.2, 0.25) is 0 Å².